The molecular formula is C11H16Cl2N2O2. The van der Waals surface area contributed by atoms with Gasteiger partial charge in [0.05, 0.1) is 23.9 Å². The van der Waals surface area contributed by atoms with Crippen molar-refractivity contribution < 1.29 is 9.53 Å². The molecule has 1 N–H and O–H groups in total. The molecule has 17 heavy (non-hydrogen) atoms. The summed E-state index contributed by atoms with van der Waals surface area (Å²) < 4.78 is 4.61. The number of carbonyl (C=O) groups is 1. The van der Waals surface area contributed by atoms with E-state index in [0.717, 1.165) is 18.5 Å². The van der Waals surface area contributed by atoms with Crippen LogP contribution in [0.25, 0.3) is 0 Å². The Kier molecular flexibility index (Phi) is 5.88. The van der Waals surface area contributed by atoms with Crippen molar-refractivity contribution >= 4 is 30.8 Å². The first kappa shape index (κ1) is 16.2. The summed E-state index contributed by atoms with van der Waals surface area (Å²) in [5.41, 5.74) is 1.54. The summed E-state index contributed by atoms with van der Waals surface area (Å²) in [6, 6.07) is 3.64. The minimum Gasteiger partial charge on any atom is -0.465 e. The molecule has 1 fully saturated rings. The second kappa shape index (κ2) is 6.19. The smallest absolute Gasteiger partial charge is 0.339 e. The van der Waals surface area contributed by atoms with Gasteiger partial charge in [0, 0.05) is 6.20 Å². The molecule has 0 spiro atoms. The van der Waals surface area contributed by atoms with E-state index in [-0.39, 0.29) is 36.3 Å². The van der Waals surface area contributed by atoms with E-state index in [1.165, 1.54) is 7.11 Å². The molecule has 0 bridgehead atoms. The number of halogens is 2. The molecular weight excluding hydrogens is 263 g/mol. The molecule has 1 saturated carbocycles. The van der Waals surface area contributed by atoms with Gasteiger partial charge in [-0.25, -0.2) is 4.79 Å². The first-order chi connectivity index (χ1) is 7.22. The maximum absolute atomic E-state index is 11.2. The van der Waals surface area contributed by atoms with Gasteiger partial charge in [-0.15, -0.1) is 24.8 Å². The number of nitrogens with zero attached hydrogens (tertiary/aromatic N) is 1. The van der Waals surface area contributed by atoms with Crippen molar-refractivity contribution in [2.45, 2.75) is 18.4 Å². The van der Waals surface area contributed by atoms with E-state index < -0.39 is 0 Å². The molecule has 0 atom stereocenters. The monoisotopic (exact) mass is 278 g/mol. The molecule has 4 nitrogen and oxygen atoms in total. The summed E-state index contributed by atoms with van der Waals surface area (Å²) in [6.07, 6.45) is 3.78. The van der Waals surface area contributed by atoms with E-state index in [1.54, 1.807) is 12.3 Å². The van der Waals surface area contributed by atoms with Crippen LogP contribution in [0.15, 0.2) is 18.3 Å². The fourth-order valence-electron chi connectivity index (χ4n) is 1.67. The summed E-state index contributed by atoms with van der Waals surface area (Å²) in [4.78, 5) is 15.5. The number of nitrogens with one attached hydrogen (secondary N) is 1. The number of esters is 1. The maximum Gasteiger partial charge on any atom is 0.339 e. The van der Waals surface area contributed by atoms with Crippen LogP contribution in [0.1, 0.15) is 28.9 Å². The van der Waals surface area contributed by atoms with Crippen LogP contribution in [0.5, 0.6) is 0 Å². The van der Waals surface area contributed by atoms with Crippen molar-refractivity contribution in [2.24, 2.45) is 0 Å². The average molecular weight is 279 g/mol. The van der Waals surface area contributed by atoms with Crippen molar-refractivity contribution in [1.82, 2.24) is 10.3 Å². The standard InChI is InChI=1S/C11H14N2O2.2ClH/c1-12-11(5-6-11)9-4-3-8(7-13-9)10(14)15-2;;/h3-4,7,12H,5-6H2,1-2H3;2*1H. The number of aromatic nitrogens is 1. The number of ether oxygens (including phenoxy) is 1. The van der Waals surface area contributed by atoms with Gasteiger partial charge in [0.25, 0.3) is 0 Å². The Balaban J connectivity index is 0.00000128. The highest BCUT2D eigenvalue weighted by atomic mass is 35.5. The van der Waals surface area contributed by atoms with Gasteiger partial charge in [-0.3, -0.25) is 4.98 Å². The molecule has 1 aromatic heterocycles. The van der Waals surface area contributed by atoms with Crippen LogP contribution in [0, 0.1) is 0 Å². The third kappa shape index (κ3) is 3.09. The Morgan fingerprint density at radius 1 is 1.41 bits per heavy atom. The predicted molar refractivity (Wildman–Crippen MR) is 70.0 cm³/mol. The zero-order valence-electron chi connectivity index (χ0n) is 9.73. The average Bonchev–Trinajstić information content (AvgIpc) is 3.09. The Labute approximate surface area is 113 Å². The normalized spacial score (nSPS) is 15.2. The topological polar surface area (TPSA) is 51.2 Å². The summed E-state index contributed by atoms with van der Waals surface area (Å²) in [5.74, 6) is -0.344. The van der Waals surface area contributed by atoms with Crippen molar-refractivity contribution in [2.75, 3.05) is 14.2 Å². The van der Waals surface area contributed by atoms with Crippen LogP contribution in [0.4, 0.5) is 0 Å². The minimum atomic E-state index is -0.344. The van der Waals surface area contributed by atoms with Crippen LogP contribution in [0.3, 0.4) is 0 Å². The number of methoxy groups -OCH3 is 1. The van der Waals surface area contributed by atoms with Gasteiger partial charge >= 0.3 is 5.97 Å². The lowest BCUT2D eigenvalue weighted by molar-refractivity contribution is 0.0600. The van der Waals surface area contributed by atoms with Gasteiger partial charge in [0.1, 0.15) is 0 Å². The van der Waals surface area contributed by atoms with E-state index in [4.69, 9.17) is 0 Å². The number of hydrogen-bond acceptors (Lipinski definition) is 4. The third-order valence-corrected chi connectivity index (χ3v) is 2.90. The van der Waals surface area contributed by atoms with Gasteiger partial charge in [0.15, 0.2) is 0 Å². The quantitative estimate of drug-likeness (QED) is 0.859. The first-order valence-corrected chi connectivity index (χ1v) is 4.95. The van der Waals surface area contributed by atoms with Crippen molar-refractivity contribution in [1.29, 1.82) is 0 Å². The third-order valence-electron chi connectivity index (χ3n) is 2.90. The van der Waals surface area contributed by atoms with Gasteiger partial charge in [-0.05, 0) is 32.0 Å². The van der Waals surface area contributed by atoms with Crippen LogP contribution in [-0.2, 0) is 10.3 Å². The molecule has 2 rings (SSSR count). The highest BCUT2D eigenvalue weighted by Gasteiger charge is 2.44. The van der Waals surface area contributed by atoms with Crippen molar-refractivity contribution in [3.8, 4) is 0 Å². The summed E-state index contributed by atoms with van der Waals surface area (Å²) in [6.45, 7) is 0. The molecule has 96 valence electrons. The molecule has 0 saturated heterocycles. The molecule has 0 aliphatic heterocycles. The zero-order chi connectivity index (χ0) is 10.9. The highest BCUT2D eigenvalue weighted by Crippen LogP contribution is 2.43. The van der Waals surface area contributed by atoms with Crippen LogP contribution >= 0.6 is 24.8 Å². The lowest BCUT2D eigenvalue weighted by atomic mass is 10.1. The lowest BCUT2D eigenvalue weighted by Crippen LogP contribution is -2.25. The fourth-order valence-corrected chi connectivity index (χ4v) is 1.67. The van der Waals surface area contributed by atoms with Gasteiger partial charge < -0.3 is 10.1 Å². The zero-order valence-corrected chi connectivity index (χ0v) is 11.4. The molecule has 0 unspecified atom stereocenters. The Morgan fingerprint density at radius 2 is 2.06 bits per heavy atom. The van der Waals surface area contributed by atoms with E-state index in [1.807, 2.05) is 13.1 Å². The molecule has 6 heteroatoms. The number of pyridine rings is 1. The molecule has 0 radical (unpaired) electrons. The summed E-state index contributed by atoms with van der Waals surface area (Å²) in [7, 11) is 3.30. The Hall–Kier alpha value is -0.840. The summed E-state index contributed by atoms with van der Waals surface area (Å²) in [5, 5.41) is 3.25. The highest BCUT2D eigenvalue weighted by molar-refractivity contribution is 5.88. The fraction of sp³-hybridized carbons (Fsp3) is 0.455. The molecule has 0 amide bonds. The molecule has 1 aliphatic rings. The second-order valence-corrected chi connectivity index (χ2v) is 3.76. The van der Waals surface area contributed by atoms with E-state index in [0.29, 0.717) is 5.56 Å². The first-order valence-electron chi connectivity index (χ1n) is 4.95. The predicted octanol–water partition coefficient (Wildman–Crippen LogP) is 1.92. The molecule has 0 aromatic carbocycles. The minimum absolute atomic E-state index is 0. The van der Waals surface area contributed by atoms with Gasteiger partial charge in [-0.1, -0.05) is 0 Å². The Morgan fingerprint density at radius 3 is 2.41 bits per heavy atom. The molecule has 1 heterocycles. The summed E-state index contributed by atoms with van der Waals surface area (Å²) >= 11 is 0. The number of rotatable bonds is 3. The van der Waals surface area contributed by atoms with Crippen molar-refractivity contribution in [3.63, 3.8) is 0 Å². The van der Waals surface area contributed by atoms with Crippen LogP contribution in [0.2, 0.25) is 0 Å². The van der Waals surface area contributed by atoms with E-state index in [9.17, 15) is 4.79 Å². The SMILES string of the molecule is CNC1(c2ccc(C(=O)OC)cn2)CC1.Cl.Cl. The van der Waals surface area contributed by atoms with E-state index in [2.05, 4.69) is 15.0 Å². The number of hydrogen-bond donors (Lipinski definition) is 1. The molecule has 1 aliphatic carbocycles. The number of carbonyl (C=O) groups excluding carboxylic acids is 1. The van der Waals surface area contributed by atoms with Crippen molar-refractivity contribution in [3.05, 3.63) is 29.6 Å². The Bertz CT molecular complexity index is 378. The largest absolute Gasteiger partial charge is 0.465 e. The maximum atomic E-state index is 11.2. The van der Waals surface area contributed by atoms with Gasteiger partial charge in [-0.2, -0.15) is 0 Å². The second-order valence-electron chi connectivity index (χ2n) is 3.76. The van der Waals surface area contributed by atoms with E-state index >= 15 is 0 Å². The van der Waals surface area contributed by atoms with Crippen LogP contribution < -0.4 is 5.32 Å². The lowest BCUT2D eigenvalue weighted by Gasteiger charge is -2.13. The molecule has 1 aromatic rings. The van der Waals surface area contributed by atoms with Crippen LogP contribution in [-0.4, -0.2) is 25.1 Å². The van der Waals surface area contributed by atoms with Gasteiger partial charge in [0.2, 0.25) is 0 Å².